The minimum Gasteiger partial charge on any atom is -0.445 e. The average Bonchev–Trinajstić information content (AvgIpc) is 3.00. The maximum atomic E-state index is 12.0. The monoisotopic (exact) mass is 408 g/mol. The van der Waals surface area contributed by atoms with Crippen molar-refractivity contribution in [1.82, 2.24) is 9.88 Å². The van der Waals surface area contributed by atoms with Gasteiger partial charge in [0.2, 0.25) is 0 Å². The number of hydrogen-bond donors (Lipinski definition) is 1. The third-order valence-corrected chi connectivity index (χ3v) is 5.81. The van der Waals surface area contributed by atoms with Crippen molar-refractivity contribution in [2.75, 3.05) is 6.54 Å². The third kappa shape index (κ3) is 3.90. The van der Waals surface area contributed by atoms with Crippen molar-refractivity contribution in [2.24, 2.45) is 0 Å². The van der Waals surface area contributed by atoms with Crippen LogP contribution in [0.1, 0.15) is 41.3 Å². The summed E-state index contributed by atoms with van der Waals surface area (Å²) in [6.07, 6.45) is 1.38. The molecule has 0 atom stereocenters. The number of nitrogens with zero attached hydrogens (tertiary/aromatic N) is 1. The number of carbonyl (C=O) groups excluding carboxylic acids is 1. The fraction of sp³-hybridized carbons (Fsp3) is 0.292. The molecule has 2 aromatic carbocycles. The lowest BCUT2D eigenvalue weighted by atomic mass is 9.97. The second-order valence-corrected chi connectivity index (χ2v) is 7.88. The van der Waals surface area contributed by atoms with Crippen molar-refractivity contribution >= 4 is 17.7 Å². The topological polar surface area (TPSA) is 43.3 Å². The number of benzene rings is 2. The fourth-order valence-corrected chi connectivity index (χ4v) is 4.15. The highest BCUT2D eigenvalue weighted by Gasteiger charge is 2.26. The highest BCUT2D eigenvalue weighted by molar-refractivity contribution is 6.30. The predicted molar refractivity (Wildman–Crippen MR) is 116 cm³/mol. The van der Waals surface area contributed by atoms with Crippen LogP contribution in [-0.4, -0.2) is 17.2 Å². The number of alkyl carbamates (subject to hydrolysis) is 1. The second kappa shape index (κ2) is 8.34. The van der Waals surface area contributed by atoms with Crippen LogP contribution >= 0.6 is 11.6 Å². The first-order chi connectivity index (χ1) is 14.1. The highest BCUT2D eigenvalue weighted by Crippen LogP contribution is 2.37. The van der Waals surface area contributed by atoms with Gasteiger partial charge in [-0.05, 0) is 47.7 Å². The average molecular weight is 409 g/mol. The molecule has 0 unspecified atom stereocenters. The molecule has 0 spiro atoms. The molecule has 2 heterocycles. The van der Waals surface area contributed by atoms with Gasteiger partial charge in [0.15, 0.2) is 0 Å². The number of hydrogen-bond acceptors (Lipinski definition) is 2. The molecular formula is C24H25ClN2O2. The highest BCUT2D eigenvalue weighted by atomic mass is 35.5. The van der Waals surface area contributed by atoms with Crippen molar-refractivity contribution in [3.8, 4) is 11.3 Å². The molecule has 4 rings (SSSR count). The molecule has 1 N–H and O–H groups in total. The molecule has 1 amide bonds. The first-order valence-corrected chi connectivity index (χ1v) is 10.4. The molecule has 3 aromatic rings. The molecule has 0 bridgehead atoms. The Morgan fingerprint density at radius 3 is 2.59 bits per heavy atom. The Labute approximate surface area is 176 Å². The molecule has 1 aliphatic rings. The standard InChI is InChI=1S/C24H25ClN2O2/c1-3-12-26-24(28)29-15-21-16(2)22-13-18-6-4-5-7-19(18)14-27(22)23(21)17-8-10-20(25)11-9-17/h4-11H,3,12-15H2,1-2H3,(H,26,28). The summed E-state index contributed by atoms with van der Waals surface area (Å²) in [5.41, 5.74) is 8.40. The molecule has 29 heavy (non-hydrogen) atoms. The van der Waals surface area contributed by atoms with E-state index < -0.39 is 0 Å². The van der Waals surface area contributed by atoms with Crippen molar-refractivity contribution in [3.05, 3.63) is 81.5 Å². The Morgan fingerprint density at radius 1 is 1.14 bits per heavy atom. The Morgan fingerprint density at radius 2 is 1.86 bits per heavy atom. The number of ether oxygens (including phenoxy) is 1. The number of nitrogens with one attached hydrogen (secondary N) is 1. The first-order valence-electron chi connectivity index (χ1n) is 10.0. The summed E-state index contributed by atoms with van der Waals surface area (Å²) in [6.45, 7) is 5.82. The van der Waals surface area contributed by atoms with Crippen LogP contribution in [0.4, 0.5) is 4.79 Å². The van der Waals surface area contributed by atoms with Gasteiger partial charge in [0.25, 0.3) is 0 Å². The summed E-state index contributed by atoms with van der Waals surface area (Å²) < 4.78 is 7.93. The molecule has 150 valence electrons. The van der Waals surface area contributed by atoms with Crippen LogP contribution in [0.5, 0.6) is 0 Å². The van der Waals surface area contributed by atoms with Gasteiger partial charge in [0.1, 0.15) is 6.61 Å². The Bertz CT molecular complexity index is 1040. The lowest BCUT2D eigenvalue weighted by Gasteiger charge is -2.22. The van der Waals surface area contributed by atoms with Gasteiger partial charge in [-0.3, -0.25) is 0 Å². The zero-order valence-electron chi connectivity index (χ0n) is 16.8. The van der Waals surface area contributed by atoms with E-state index in [1.54, 1.807) is 0 Å². The fourth-order valence-electron chi connectivity index (χ4n) is 4.02. The lowest BCUT2D eigenvalue weighted by molar-refractivity contribution is 0.139. The van der Waals surface area contributed by atoms with Crippen molar-refractivity contribution < 1.29 is 9.53 Å². The van der Waals surface area contributed by atoms with E-state index in [0.717, 1.165) is 36.2 Å². The van der Waals surface area contributed by atoms with Crippen molar-refractivity contribution in [3.63, 3.8) is 0 Å². The zero-order chi connectivity index (χ0) is 20.4. The van der Waals surface area contributed by atoms with Gasteiger partial charge in [-0.2, -0.15) is 0 Å². The van der Waals surface area contributed by atoms with Gasteiger partial charge < -0.3 is 14.6 Å². The van der Waals surface area contributed by atoms with Gasteiger partial charge in [-0.15, -0.1) is 0 Å². The normalized spacial score (nSPS) is 12.2. The maximum absolute atomic E-state index is 12.0. The van der Waals surface area contributed by atoms with E-state index in [2.05, 4.69) is 41.1 Å². The Balaban J connectivity index is 1.75. The maximum Gasteiger partial charge on any atom is 0.407 e. The summed E-state index contributed by atoms with van der Waals surface area (Å²) in [6, 6.07) is 16.4. The van der Waals surface area contributed by atoms with Gasteiger partial charge >= 0.3 is 6.09 Å². The van der Waals surface area contributed by atoms with E-state index in [1.165, 1.54) is 22.4 Å². The van der Waals surface area contributed by atoms with Crippen LogP contribution in [0.25, 0.3) is 11.3 Å². The molecule has 0 radical (unpaired) electrons. The molecule has 4 nitrogen and oxygen atoms in total. The largest absolute Gasteiger partial charge is 0.445 e. The minimum atomic E-state index is -0.374. The summed E-state index contributed by atoms with van der Waals surface area (Å²) in [7, 11) is 0. The number of amides is 1. The quantitative estimate of drug-likeness (QED) is 0.460. The number of carbonyl (C=O) groups is 1. The molecule has 0 fully saturated rings. The van der Waals surface area contributed by atoms with E-state index >= 15 is 0 Å². The molecule has 0 saturated heterocycles. The van der Waals surface area contributed by atoms with Crippen LogP contribution in [0.3, 0.4) is 0 Å². The molecule has 5 heteroatoms. The van der Waals surface area contributed by atoms with E-state index in [1.807, 2.05) is 31.2 Å². The zero-order valence-corrected chi connectivity index (χ0v) is 17.6. The number of halogens is 1. The Kier molecular flexibility index (Phi) is 5.63. The molecular weight excluding hydrogens is 384 g/mol. The summed E-state index contributed by atoms with van der Waals surface area (Å²) >= 11 is 6.12. The van der Waals surface area contributed by atoms with Gasteiger partial charge in [0.05, 0.1) is 5.69 Å². The van der Waals surface area contributed by atoms with E-state index in [-0.39, 0.29) is 12.7 Å². The predicted octanol–water partition coefficient (Wildman–Crippen LogP) is 5.71. The van der Waals surface area contributed by atoms with Crippen LogP contribution in [0.15, 0.2) is 48.5 Å². The summed E-state index contributed by atoms with van der Waals surface area (Å²) in [4.78, 5) is 12.0. The first kappa shape index (κ1) is 19.6. The van der Waals surface area contributed by atoms with Gasteiger partial charge in [-0.25, -0.2) is 4.79 Å². The number of rotatable bonds is 5. The van der Waals surface area contributed by atoms with Gasteiger partial charge in [0, 0.05) is 35.8 Å². The third-order valence-electron chi connectivity index (χ3n) is 5.56. The van der Waals surface area contributed by atoms with Crippen molar-refractivity contribution in [2.45, 2.75) is 39.8 Å². The molecule has 0 aliphatic carbocycles. The van der Waals surface area contributed by atoms with Crippen LogP contribution in [-0.2, 0) is 24.3 Å². The van der Waals surface area contributed by atoms with Crippen LogP contribution < -0.4 is 5.32 Å². The molecule has 1 aliphatic heterocycles. The number of aromatic nitrogens is 1. The smallest absolute Gasteiger partial charge is 0.407 e. The Hall–Kier alpha value is -2.72. The van der Waals surface area contributed by atoms with Gasteiger partial charge in [-0.1, -0.05) is 54.9 Å². The second-order valence-electron chi connectivity index (χ2n) is 7.44. The lowest BCUT2D eigenvalue weighted by Crippen LogP contribution is -2.24. The van der Waals surface area contributed by atoms with Crippen molar-refractivity contribution in [1.29, 1.82) is 0 Å². The minimum absolute atomic E-state index is 0.246. The summed E-state index contributed by atoms with van der Waals surface area (Å²) in [5, 5.41) is 3.49. The molecule has 0 saturated carbocycles. The molecule has 1 aromatic heterocycles. The van der Waals surface area contributed by atoms with Crippen LogP contribution in [0.2, 0.25) is 5.02 Å². The number of fused-ring (bicyclic) bond motifs is 2. The SMILES string of the molecule is CCCNC(=O)OCc1c(C)c2n(c1-c1ccc(Cl)cc1)Cc1ccccc1C2. The van der Waals surface area contributed by atoms with E-state index in [0.29, 0.717) is 11.6 Å². The summed E-state index contributed by atoms with van der Waals surface area (Å²) in [5.74, 6) is 0. The van der Waals surface area contributed by atoms with Crippen LogP contribution in [0, 0.1) is 6.92 Å². The van der Waals surface area contributed by atoms with E-state index in [4.69, 9.17) is 16.3 Å². The van der Waals surface area contributed by atoms with E-state index in [9.17, 15) is 4.79 Å².